The van der Waals surface area contributed by atoms with Crippen LogP contribution in [0.1, 0.15) is 38.2 Å². The lowest BCUT2D eigenvalue weighted by molar-refractivity contribution is -0.136. The first-order valence-corrected chi connectivity index (χ1v) is 8.54. The quantitative estimate of drug-likeness (QED) is 0.709. The average Bonchev–Trinajstić information content (AvgIpc) is 2.61. The molecular weight excluding hydrogens is 306 g/mol. The number of anilines is 1. The molecule has 6 heteroatoms. The number of nitrogens with two attached hydrogens (primary N) is 1. The van der Waals surface area contributed by atoms with Crippen molar-refractivity contribution in [3.05, 3.63) is 29.8 Å². The average molecular weight is 333 g/mol. The molecule has 0 atom stereocenters. The van der Waals surface area contributed by atoms with Gasteiger partial charge in [-0.05, 0) is 37.0 Å². The monoisotopic (exact) mass is 333 g/mol. The van der Waals surface area contributed by atoms with Gasteiger partial charge in [0.05, 0.1) is 5.41 Å². The number of carbonyl (C=O) groups excluding carboxylic acids is 2. The zero-order chi connectivity index (χ0) is 17.4. The minimum atomic E-state index is -0.508. The highest BCUT2D eigenvalue weighted by atomic mass is 16.5. The van der Waals surface area contributed by atoms with E-state index < -0.39 is 5.41 Å². The second-order valence-electron chi connectivity index (χ2n) is 6.27. The number of carbonyl (C=O) groups is 2. The summed E-state index contributed by atoms with van der Waals surface area (Å²) < 4.78 is 5.33. The van der Waals surface area contributed by atoms with Gasteiger partial charge in [0.15, 0.2) is 0 Å². The van der Waals surface area contributed by atoms with E-state index in [1.54, 1.807) is 0 Å². The smallest absolute Gasteiger partial charge is 0.227 e. The predicted octanol–water partition coefficient (Wildman–Crippen LogP) is 1.80. The predicted molar refractivity (Wildman–Crippen MR) is 93.4 cm³/mol. The molecule has 132 valence electrons. The second-order valence-corrected chi connectivity index (χ2v) is 6.27. The van der Waals surface area contributed by atoms with Crippen molar-refractivity contribution in [2.45, 2.75) is 39.2 Å². The van der Waals surface area contributed by atoms with Gasteiger partial charge in [0.2, 0.25) is 11.8 Å². The lowest BCUT2D eigenvalue weighted by Gasteiger charge is -2.34. The number of hydrogen-bond acceptors (Lipinski definition) is 4. The van der Waals surface area contributed by atoms with Crippen LogP contribution in [-0.2, 0) is 20.9 Å². The lowest BCUT2D eigenvalue weighted by atomic mass is 9.79. The van der Waals surface area contributed by atoms with Crippen LogP contribution in [0.4, 0.5) is 5.69 Å². The summed E-state index contributed by atoms with van der Waals surface area (Å²) in [6.45, 7) is 3.92. The molecule has 4 N–H and O–H groups in total. The minimum absolute atomic E-state index is 0.00590. The highest BCUT2D eigenvalue weighted by Gasteiger charge is 2.38. The summed E-state index contributed by atoms with van der Waals surface area (Å²) in [6.07, 6.45) is 2.67. The molecule has 24 heavy (non-hydrogen) atoms. The molecule has 0 unspecified atom stereocenters. The van der Waals surface area contributed by atoms with Crippen molar-refractivity contribution in [1.29, 1.82) is 0 Å². The molecule has 0 bridgehead atoms. The largest absolute Gasteiger partial charge is 0.381 e. The maximum Gasteiger partial charge on any atom is 0.227 e. The fourth-order valence-corrected chi connectivity index (χ4v) is 2.81. The number of rotatable bonds is 7. The van der Waals surface area contributed by atoms with Crippen molar-refractivity contribution in [2.75, 3.05) is 25.1 Å². The molecule has 0 spiro atoms. The van der Waals surface area contributed by atoms with E-state index in [0.29, 0.717) is 45.6 Å². The zero-order valence-corrected chi connectivity index (χ0v) is 14.3. The molecule has 1 saturated heterocycles. The van der Waals surface area contributed by atoms with Gasteiger partial charge in [-0.2, -0.15) is 0 Å². The van der Waals surface area contributed by atoms with Crippen molar-refractivity contribution in [2.24, 2.45) is 11.1 Å². The van der Waals surface area contributed by atoms with Crippen LogP contribution in [0, 0.1) is 5.41 Å². The number of ether oxygens (including phenoxy) is 1. The molecule has 1 aromatic rings. The van der Waals surface area contributed by atoms with Crippen LogP contribution < -0.4 is 16.4 Å². The van der Waals surface area contributed by atoms with Crippen LogP contribution in [-0.4, -0.2) is 31.6 Å². The Kier molecular flexibility index (Phi) is 6.75. The summed E-state index contributed by atoms with van der Waals surface area (Å²) >= 11 is 0. The van der Waals surface area contributed by atoms with E-state index in [0.717, 1.165) is 17.7 Å². The van der Waals surface area contributed by atoms with Crippen molar-refractivity contribution in [3.63, 3.8) is 0 Å². The van der Waals surface area contributed by atoms with E-state index in [4.69, 9.17) is 10.5 Å². The van der Waals surface area contributed by atoms with E-state index in [1.165, 1.54) is 0 Å². The maximum absolute atomic E-state index is 12.5. The van der Waals surface area contributed by atoms with Crippen LogP contribution >= 0.6 is 0 Å². The molecule has 6 nitrogen and oxygen atoms in total. The highest BCUT2D eigenvalue weighted by Crippen LogP contribution is 2.29. The van der Waals surface area contributed by atoms with Crippen molar-refractivity contribution in [1.82, 2.24) is 5.32 Å². The summed E-state index contributed by atoms with van der Waals surface area (Å²) in [5.74, 6) is 0.0107. The van der Waals surface area contributed by atoms with Crippen molar-refractivity contribution >= 4 is 17.5 Å². The van der Waals surface area contributed by atoms with Gasteiger partial charge in [0.1, 0.15) is 0 Å². The summed E-state index contributed by atoms with van der Waals surface area (Å²) in [5.41, 5.74) is 7.09. The van der Waals surface area contributed by atoms with Gasteiger partial charge in [0, 0.05) is 38.4 Å². The number of nitrogens with one attached hydrogen (secondary N) is 2. The third kappa shape index (κ3) is 4.79. The Balaban J connectivity index is 1.87. The highest BCUT2D eigenvalue weighted by molar-refractivity contribution is 5.90. The summed E-state index contributed by atoms with van der Waals surface area (Å²) in [7, 11) is 0. The molecule has 2 rings (SSSR count). The number of benzene rings is 1. The third-order valence-corrected chi connectivity index (χ3v) is 4.49. The Bertz CT molecular complexity index is 551. The Hall–Kier alpha value is -1.92. The normalized spacial score (nSPS) is 16.4. The first kappa shape index (κ1) is 18.4. The second kappa shape index (κ2) is 8.80. The molecule has 0 radical (unpaired) electrons. The molecule has 1 fully saturated rings. The lowest BCUT2D eigenvalue weighted by Crippen LogP contribution is -2.48. The minimum Gasteiger partial charge on any atom is -0.381 e. The van der Waals surface area contributed by atoms with Crippen LogP contribution in [0.15, 0.2) is 24.3 Å². The summed E-state index contributed by atoms with van der Waals surface area (Å²) in [6, 6.07) is 7.51. The van der Waals surface area contributed by atoms with E-state index in [2.05, 4.69) is 10.6 Å². The molecule has 1 heterocycles. The van der Waals surface area contributed by atoms with Gasteiger partial charge in [-0.1, -0.05) is 19.1 Å². The standard InChI is InChI=1S/C18H27N3O3/c1-2-3-16(22)21-15-6-4-14(5-7-15)12-20-17(23)18(13-19)8-10-24-11-9-18/h4-7H,2-3,8-13,19H2,1H3,(H,20,23)(H,21,22). The fraction of sp³-hybridized carbons (Fsp3) is 0.556. The van der Waals surface area contributed by atoms with Crippen molar-refractivity contribution in [3.8, 4) is 0 Å². The first-order chi connectivity index (χ1) is 11.6. The molecule has 0 aromatic heterocycles. The van der Waals surface area contributed by atoms with Crippen LogP contribution in [0.2, 0.25) is 0 Å². The van der Waals surface area contributed by atoms with E-state index in [9.17, 15) is 9.59 Å². The van der Waals surface area contributed by atoms with E-state index >= 15 is 0 Å². The Morgan fingerprint density at radius 1 is 1.21 bits per heavy atom. The Morgan fingerprint density at radius 3 is 2.46 bits per heavy atom. The Morgan fingerprint density at radius 2 is 1.88 bits per heavy atom. The van der Waals surface area contributed by atoms with E-state index in [-0.39, 0.29) is 11.8 Å². The Labute approximate surface area is 143 Å². The first-order valence-electron chi connectivity index (χ1n) is 8.54. The van der Waals surface area contributed by atoms with Gasteiger partial charge >= 0.3 is 0 Å². The zero-order valence-electron chi connectivity index (χ0n) is 14.3. The fourth-order valence-electron chi connectivity index (χ4n) is 2.81. The molecular formula is C18H27N3O3. The SMILES string of the molecule is CCCC(=O)Nc1ccc(CNC(=O)C2(CN)CCOCC2)cc1. The third-order valence-electron chi connectivity index (χ3n) is 4.49. The number of amides is 2. The van der Waals surface area contributed by atoms with Gasteiger partial charge in [0.25, 0.3) is 0 Å². The van der Waals surface area contributed by atoms with Crippen LogP contribution in [0.5, 0.6) is 0 Å². The van der Waals surface area contributed by atoms with Gasteiger partial charge in [-0.25, -0.2) is 0 Å². The molecule has 1 aliphatic heterocycles. The molecule has 1 aromatic carbocycles. The van der Waals surface area contributed by atoms with Gasteiger partial charge in [-0.3, -0.25) is 9.59 Å². The van der Waals surface area contributed by atoms with Crippen molar-refractivity contribution < 1.29 is 14.3 Å². The maximum atomic E-state index is 12.5. The summed E-state index contributed by atoms with van der Waals surface area (Å²) in [4.78, 5) is 24.1. The molecule has 1 aliphatic rings. The topological polar surface area (TPSA) is 93.5 Å². The number of hydrogen-bond donors (Lipinski definition) is 3. The van der Waals surface area contributed by atoms with Gasteiger partial charge < -0.3 is 21.1 Å². The summed E-state index contributed by atoms with van der Waals surface area (Å²) in [5, 5.41) is 5.82. The van der Waals surface area contributed by atoms with Gasteiger partial charge in [-0.15, -0.1) is 0 Å². The van der Waals surface area contributed by atoms with Crippen LogP contribution in [0.3, 0.4) is 0 Å². The molecule has 2 amide bonds. The molecule has 0 saturated carbocycles. The van der Waals surface area contributed by atoms with Crippen LogP contribution in [0.25, 0.3) is 0 Å². The molecule has 0 aliphatic carbocycles. The van der Waals surface area contributed by atoms with E-state index in [1.807, 2.05) is 31.2 Å².